The van der Waals surface area contributed by atoms with Crippen LogP contribution in [0.3, 0.4) is 0 Å². The van der Waals surface area contributed by atoms with Crippen LogP contribution >= 0.6 is 11.3 Å². The van der Waals surface area contributed by atoms with Gasteiger partial charge in [-0.05, 0) is 29.7 Å². The van der Waals surface area contributed by atoms with Crippen LogP contribution in [0.15, 0.2) is 36.4 Å². The van der Waals surface area contributed by atoms with Gasteiger partial charge in [0.15, 0.2) is 5.82 Å². The number of H-pyrrole nitrogens is 1. The number of fused-ring (bicyclic) bond motifs is 2. The van der Waals surface area contributed by atoms with Crippen molar-refractivity contribution in [1.29, 1.82) is 0 Å². The predicted molar refractivity (Wildman–Crippen MR) is 76.8 cm³/mol. The van der Waals surface area contributed by atoms with Crippen LogP contribution in [-0.4, -0.2) is 9.97 Å². The van der Waals surface area contributed by atoms with E-state index < -0.39 is 11.6 Å². The van der Waals surface area contributed by atoms with Crippen molar-refractivity contribution in [2.75, 3.05) is 0 Å². The highest BCUT2D eigenvalue weighted by atomic mass is 32.1. The Morgan fingerprint density at radius 3 is 2.67 bits per heavy atom. The highest BCUT2D eigenvalue weighted by Gasteiger charge is 2.13. The quantitative estimate of drug-likeness (QED) is 0.534. The standard InChI is InChI=1S/C15H7F3N2S/c16-8-2-1-7-3-13(21-12(7)6-8)15-19-11-5-9(17)4-10(18)14(11)20-15/h1-6H,(H,19,20). The van der Waals surface area contributed by atoms with E-state index in [0.29, 0.717) is 11.3 Å². The summed E-state index contributed by atoms with van der Waals surface area (Å²) in [5.74, 6) is -1.24. The maximum absolute atomic E-state index is 13.7. The molecule has 104 valence electrons. The normalized spacial score (nSPS) is 11.6. The number of hydrogen-bond acceptors (Lipinski definition) is 2. The molecule has 0 unspecified atom stereocenters. The van der Waals surface area contributed by atoms with Gasteiger partial charge >= 0.3 is 0 Å². The molecule has 0 amide bonds. The molecule has 1 N–H and O–H groups in total. The van der Waals surface area contributed by atoms with Gasteiger partial charge in [0.1, 0.15) is 23.0 Å². The minimum atomic E-state index is -0.709. The van der Waals surface area contributed by atoms with E-state index in [2.05, 4.69) is 9.97 Å². The molecule has 2 aromatic heterocycles. The van der Waals surface area contributed by atoms with Crippen molar-refractivity contribution in [2.24, 2.45) is 0 Å². The lowest BCUT2D eigenvalue weighted by Gasteiger charge is -1.90. The molecule has 4 aromatic rings. The van der Waals surface area contributed by atoms with Crippen LogP contribution in [0, 0.1) is 17.5 Å². The van der Waals surface area contributed by atoms with Crippen molar-refractivity contribution in [1.82, 2.24) is 9.97 Å². The number of nitrogens with zero attached hydrogens (tertiary/aromatic N) is 1. The SMILES string of the molecule is Fc1cc(F)c2nc(-c3cc4ccc(F)cc4s3)[nH]c2c1. The maximum Gasteiger partial charge on any atom is 0.153 e. The molecule has 2 nitrogen and oxygen atoms in total. The second-order valence-electron chi connectivity index (χ2n) is 4.66. The number of rotatable bonds is 1. The van der Waals surface area contributed by atoms with Crippen LogP contribution in [0.25, 0.3) is 31.8 Å². The van der Waals surface area contributed by atoms with Gasteiger partial charge in [0.05, 0.1) is 10.4 Å². The summed E-state index contributed by atoms with van der Waals surface area (Å²) >= 11 is 1.34. The molecule has 0 saturated heterocycles. The second kappa shape index (κ2) is 4.33. The zero-order chi connectivity index (χ0) is 14.6. The lowest BCUT2D eigenvalue weighted by Crippen LogP contribution is -1.81. The average molecular weight is 304 g/mol. The topological polar surface area (TPSA) is 28.7 Å². The summed E-state index contributed by atoms with van der Waals surface area (Å²) in [5.41, 5.74) is 0.390. The van der Waals surface area contributed by atoms with Gasteiger partial charge < -0.3 is 4.98 Å². The molecule has 0 bridgehead atoms. The van der Waals surface area contributed by atoms with Crippen LogP contribution in [0.1, 0.15) is 0 Å². The van der Waals surface area contributed by atoms with E-state index in [4.69, 9.17) is 0 Å². The summed E-state index contributed by atoms with van der Waals surface area (Å²) in [6.07, 6.45) is 0. The third-order valence-electron chi connectivity index (χ3n) is 3.22. The molecule has 4 rings (SSSR count). The largest absolute Gasteiger partial charge is 0.337 e. The molecule has 2 heterocycles. The highest BCUT2D eigenvalue weighted by Crippen LogP contribution is 2.33. The van der Waals surface area contributed by atoms with Crippen molar-refractivity contribution in [2.45, 2.75) is 0 Å². The zero-order valence-electron chi connectivity index (χ0n) is 10.5. The number of aromatic amines is 1. The number of benzene rings is 2. The smallest absolute Gasteiger partial charge is 0.153 e. The highest BCUT2D eigenvalue weighted by molar-refractivity contribution is 7.22. The predicted octanol–water partition coefficient (Wildman–Crippen LogP) is 4.86. The molecular formula is C15H7F3N2S. The van der Waals surface area contributed by atoms with Crippen molar-refractivity contribution >= 4 is 32.5 Å². The van der Waals surface area contributed by atoms with E-state index in [1.807, 2.05) is 6.07 Å². The van der Waals surface area contributed by atoms with Crippen molar-refractivity contribution in [3.63, 3.8) is 0 Å². The molecule has 6 heteroatoms. The average Bonchev–Trinajstić information content (AvgIpc) is 3.01. The summed E-state index contributed by atoms with van der Waals surface area (Å²) in [5, 5.41) is 0.878. The number of halogens is 3. The molecule has 0 aliphatic carbocycles. The van der Waals surface area contributed by atoms with Gasteiger partial charge in [0, 0.05) is 10.8 Å². The summed E-state index contributed by atoms with van der Waals surface area (Å²) in [6, 6.07) is 8.33. The van der Waals surface area contributed by atoms with Crippen molar-refractivity contribution in [3.05, 3.63) is 53.8 Å². The molecule has 21 heavy (non-hydrogen) atoms. The lowest BCUT2D eigenvalue weighted by atomic mass is 10.2. The number of hydrogen-bond donors (Lipinski definition) is 1. The molecule has 0 atom stereocenters. The van der Waals surface area contributed by atoms with Gasteiger partial charge in [-0.25, -0.2) is 18.2 Å². The monoisotopic (exact) mass is 304 g/mol. The molecule has 0 aliphatic heterocycles. The molecule has 0 aliphatic rings. The summed E-state index contributed by atoms with van der Waals surface area (Å²) in [4.78, 5) is 7.80. The Hall–Kier alpha value is -2.34. The minimum Gasteiger partial charge on any atom is -0.337 e. The first-order valence-electron chi connectivity index (χ1n) is 6.14. The van der Waals surface area contributed by atoms with Gasteiger partial charge in [0.25, 0.3) is 0 Å². The first-order chi connectivity index (χ1) is 10.1. The second-order valence-corrected chi connectivity index (χ2v) is 5.75. The van der Waals surface area contributed by atoms with Gasteiger partial charge in [-0.15, -0.1) is 11.3 Å². The first kappa shape index (κ1) is 12.4. The van der Waals surface area contributed by atoms with Crippen LogP contribution in [-0.2, 0) is 0 Å². The van der Waals surface area contributed by atoms with Crippen molar-refractivity contribution in [3.8, 4) is 10.7 Å². The fourth-order valence-corrected chi connectivity index (χ4v) is 3.31. The van der Waals surface area contributed by atoms with Crippen LogP contribution in [0.2, 0.25) is 0 Å². The van der Waals surface area contributed by atoms with E-state index in [0.717, 1.165) is 21.0 Å². The van der Waals surface area contributed by atoms with Gasteiger partial charge in [-0.3, -0.25) is 0 Å². The fourth-order valence-electron chi connectivity index (χ4n) is 2.28. The summed E-state index contributed by atoms with van der Waals surface area (Å²) in [7, 11) is 0. The Morgan fingerprint density at radius 2 is 1.81 bits per heavy atom. The third-order valence-corrected chi connectivity index (χ3v) is 4.32. The van der Waals surface area contributed by atoms with Crippen LogP contribution < -0.4 is 0 Å². The molecule has 0 fully saturated rings. The van der Waals surface area contributed by atoms with Crippen LogP contribution in [0.5, 0.6) is 0 Å². The molecule has 0 spiro atoms. The fraction of sp³-hybridized carbons (Fsp3) is 0. The molecule has 2 aromatic carbocycles. The summed E-state index contributed by atoms with van der Waals surface area (Å²) < 4.78 is 40.8. The Kier molecular flexibility index (Phi) is 2.56. The van der Waals surface area contributed by atoms with Gasteiger partial charge in [0.2, 0.25) is 0 Å². The molecule has 0 saturated carbocycles. The van der Waals surface area contributed by atoms with E-state index in [1.54, 1.807) is 6.07 Å². The third kappa shape index (κ3) is 1.99. The lowest BCUT2D eigenvalue weighted by molar-refractivity contribution is 0.590. The molecule has 0 radical (unpaired) electrons. The Morgan fingerprint density at radius 1 is 0.952 bits per heavy atom. The Balaban J connectivity index is 1.93. The van der Waals surface area contributed by atoms with E-state index >= 15 is 0 Å². The van der Waals surface area contributed by atoms with E-state index in [9.17, 15) is 13.2 Å². The summed E-state index contributed by atoms with van der Waals surface area (Å²) in [6.45, 7) is 0. The number of nitrogens with one attached hydrogen (secondary N) is 1. The zero-order valence-corrected chi connectivity index (χ0v) is 11.3. The Bertz CT molecular complexity index is 987. The number of imidazole rings is 1. The molecular weight excluding hydrogens is 297 g/mol. The number of aromatic nitrogens is 2. The van der Waals surface area contributed by atoms with Gasteiger partial charge in [-0.2, -0.15) is 0 Å². The first-order valence-corrected chi connectivity index (χ1v) is 6.96. The Labute approximate surface area is 120 Å². The van der Waals surface area contributed by atoms with Crippen LogP contribution in [0.4, 0.5) is 13.2 Å². The van der Waals surface area contributed by atoms with E-state index in [-0.39, 0.29) is 11.3 Å². The van der Waals surface area contributed by atoms with Gasteiger partial charge in [-0.1, -0.05) is 6.07 Å². The maximum atomic E-state index is 13.7. The van der Waals surface area contributed by atoms with Crippen molar-refractivity contribution < 1.29 is 13.2 Å². The van der Waals surface area contributed by atoms with E-state index in [1.165, 1.54) is 29.5 Å². The minimum absolute atomic E-state index is 0.0926. The number of thiophene rings is 1.